The molecule has 0 atom stereocenters. The van der Waals surface area contributed by atoms with Crippen LogP contribution in [-0.4, -0.2) is 17.7 Å². The third-order valence-electron chi connectivity index (χ3n) is 1.96. The molecule has 0 radical (unpaired) electrons. The fraction of sp³-hybridized carbons (Fsp3) is 0.222. The van der Waals surface area contributed by atoms with Crippen LogP contribution in [0.4, 0.5) is 4.39 Å². The summed E-state index contributed by atoms with van der Waals surface area (Å²) < 4.78 is 23.0. The molecule has 0 bridgehead atoms. The molecule has 0 aliphatic carbocycles. The van der Waals surface area contributed by atoms with Crippen molar-refractivity contribution in [2.75, 3.05) is 6.79 Å². The number of carbonyl (C=O) groups is 1. The lowest BCUT2D eigenvalue weighted by Crippen LogP contribution is -1.95. The Labute approximate surface area is 78.9 Å². The highest BCUT2D eigenvalue weighted by atomic mass is 19.1. The Kier molecular flexibility index (Phi) is 1.80. The molecule has 1 heterocycles. The maximum Gasteiger partial charge on any atom is 0.231 e. The maximum atomic E-state index is 13.3. The van der Waals surface area contributed by atoms with Gasteiger partial charge in [0.05, 0.1) is 5.56 Å². The first-order valence-electron chi connectivity index (χ1n) is 3.93. The summed E-state index contributed by atoms with van der Waals surface area (Å²) in [5.74, 6) is -2.08. The van der Waals surface area contributed by atoms with E-state index in [4.69, 9.17) is 9.47 Å². The normalized spacial score (nSPS) is 13.0. The van der Waals surface area contributed by atoms with Crippen molar-refractivity contribution in [2.45, 2.75) is 6.92 Å². The van der Waals surface area contributed by atoms with E-state index in [1.807, 2.05) is 0 Å². The Hall–Kier alpha value is -1.78. The Morgan fingerprint density at radius 2 is 2.29 bits per heavy atom. The van der Waals surface area contributed by atoms with Gasteiger partial charge in [-0.05, 0) is 13.0 Å². The SMILES string of the molecule is CC(=O)c1cc2c(c(F)c1O)OCO2. The van der Waals surface area contributed by atoms with Crippen LogP contribution in [0.25, 0.3) is 0 Å². The fourth-order valence-electron chi connectivity index (χ4n) is 1.26. The second-order valence-corrected chi connectivity index (χ2v) is 2.88. The molecule has 74 valence electrons. The number of phenolic OH excluding ortho intramolecular Hbond substituents is 1. The van der Waals surface area contributed by atoms with Crippen molar-refractivity contribution in [1.82, 2.24) is 0 Å². The molecule has 0 spiro atoms. The lowest BCUT2D eigenvalue weighted by atomic mass is 10.1. The van der Waals surface area contributed by atoms with Gasteiger partial charge in [0.1, 0.15) is 0 Å². The number of aromatic hydroxyl groups is 1. The van der Waals surface area contributed by atoms with Gasteiger partial charge in [0.2, 0.25) is 18.4 Å². The van der Waals surface area contributed by atoms with E-state index in [9.17, 15) is 14.3 Å². The van der Waals surface area contributed by atoms with Gasteiger partial charge in [-0.2, -0.15) is 4.39 Å². The smallest absolute Gasteiger partial charge is 0.231 e. The molecule has 0 amide bonds. The first-order chi connectivity index (χ1) is 6.61. The molecule has 1 aromatic rings. The number of ether oxygens (including phenoxy) is 2. The van der Waals surface area contributed by atoms with Gasteiger partial charge >= 0.3 is 0 Å². The van der Waals surface area contributed by atoms with Crippen molar-refractivity contribution in [1.29, 1.82) is 0 Å². The summed E-state index contributed by atoms with van der Waals surface area (Å²) in [7, 11) is 0. The number of phenols is 1. The summed E-state index contributed by atoms with van der Waals surface area (Å²) in [5, 5.41) is 9.30. The number of fused-ring (bicyclic) bond motifs is 1. The summed E-state index contributed by atoms with van der Waals surface area (Å²) >= 11 is 0. The molecule has 0 saturated carbocycles. The zero-order valence-corrected chi connectivity index (χ0v) is 7.33. The van der Waals surface area contributed by atoms with E-state index in [0.29, 0.717) is 0 Å². The molecule has 4 nitrogen and oxygen atoms in total. The van der Waals surface area contributed by atoms with Crippen LogP contribution in [0.5, 0.6) is 17.2 Å². The average Bonchev–Trinajstić information content (AvgIpc) is 2.58. The highest BCUT2D eigenvalue weighted by Crippen LogP contribution is 2.41. The Bertz CT molecular complexity index is 414. The van der Waals surface area contributed by atoms with Crippen LogP contribution in [-0.2, 0) is 0 Å². The van der Waals surface area contributed by atoms with Gasteiger partial charge in [0.15, 0.2) is 17.3 Å². The van der Waals surface area contributed by atoms with Crippen molar-refractivity contribution in [3.05, 3.63) is 17.4 Å². The van der Waals surface area contributed by atoms with Crippen molar-refractivity contribution in [2.24, 2.45) is 0 Å². The van der Waals surface area contributed by atoms with Gasteiger partial charge in [-0.3, -0.25) is 4.79 Å². The van der Waals surface area contributed by atoms with Crippen LogP contribution in [0.1, 0.15) is 17.3 Å². The highest BCUT2D eigenvalue weighted by Gasteiger charge is 2.25. The van der Waals surface area contributed by atoms with E-state index in [0.717, 1.165) is 0 Å². The van der Waals surface area contributed by atoms with Crippen LogP contribution in [0.2, 0.25) is 0 Å². The summed E-state index contributed by atoms with van der Waals surface area (Å²) in [5.41, 5.74) is -0.105. The van der Waals surface area contributed by atoms with Gasteiger partial charge in [0.25, 0.3) is 0 Å². The van der Waals surface area contributed by atoms with E-state index < -0.39 is 17.3 Å². The summed E-state index contributed by atoms with van der Waals surface area (Å²) in [6, 6.07) is 1.27. The van der Waals surface area contributed by atoms with Gasteiger partial charge in [-0.25, -0.2) is 0 Å². The van der Waals surface area contributed by atoms with Crippen molar-refractivity contribution in [3.63, 3.8) is 0 Å². The number of benzene rings is 1. The van der Waals surface area contributed by atoms with Gasteiger partial charge < -0.3 is 14.6 Å². The minimum atomic E-state index is -0.954. The standard InChI is InChI=1S/C9H7FO4/c1-4(11)5-2-6-9(14-3-13-6)7(10)8(5)12/h2,12H,3H2,1H3. The van der Waals surface area contributed by atoms with E-state index in [-0.39, 0.29) is 23.9 Å². The molecule has 2 rings (SSSR count). The third-order valence-corrected chi connectivity index (χ3v) is 1.96. The van der Waals surface area contributed by atoms with Crippen molar-refractivity contribution >= 4 is 5.78 Å². The van der Waals surface area contributed by atoms with Crippen molar-refractivity contribution < 1.29 is 23.8 Å². The van der Waals surface area contributed by atoms with E-state index in [1.54, 1.807) is 0 Å². The van der Waals surface area contributed by atoms with E-state index >= 15 is 0 Å². The number of Topliss-reactive ketones (excluding diaryl/α,β-unsaturated/α-hetero) is 1. The zero-order chi connectivity index (χ0) is 10.3. The van der Waals surface area contributed by atoms with Gasteiger partial charge in [-0.15, -0.1) is 0 Å². The molecule has 1 aliphatic rings. The van der Waals surface area contributed by atoms with Crippen LogP contribution in [0.3, 0.4) is 0 Å². The molecule has 1 aromatic carbocycles. The number of rotatable bonds is 1. The maximum absolute atomic E-state index is 13.3. The lowest BCUT2D eigenvalue weighted by molar-refractivity contribution is 0.101. The number of ketones is 1. The second kappa shape index (κ2) is 2.87. The minimum Gasteiger partial charge on any atom is -0.504 e. The topological polar surface area (TPSA) is 55.8 Å². The second-order valence-electron chi connectivity index (χ2n) is 2.88. The average molecular weight is 198 g/mol. The zero-order valence-electron chi connectivity index (χ0n) is 7.33. The molecule has 14 heavy (non-hydrogen) atoms. The molecule has 0 saturated heterocycles. The lowest BCUT2D eigenvalue weighted by Gasteiger charge is -2.04. The van der Waals surface area contributed by atoms with E-state index in [1.165, 1.54) is 13.0 Å². The number of halogens is 1. The third kappa shape index (κ3) is 1.09. The fourth-order valence-corrected chi connectivity index (χ4v) is 1.26. The molecular weight excluding hydrogens is 191 g/mol. The Morgan fingerprint density at radius 1 is 1.57 bits per heavy atom. The monoisotopic (exact) mass is 198 g/mol. The van der Waals surface area contributed by atoms with Crippen LogP contribution in [0.15, 0.2) is 6.07 Å². The molecule has 0 unspecified atom stereocenters. The molecule has 1 N–H and O–H groups in total. The number of hydrogen-bond donors (Lipinski definition) is 1. The first-order valence-corrected chi connectivity index (χ1v) is 3.93. The first kappa shape index (κ1) is 8.80. The molecule has 0 aromatic heterocycles. The molecule has 1 aliphatic heterocycles. The summed E-state index contributed by atoms with van der Waals surface area (Å²) in [6.07, 6.45) is 0. The minimum absolute atomic E-state index is 0.104. The van der Waals surface area contributed by atoms with Crippen LogP contribution >= 0.6 is 0 Å². The predicted octanol–water partition coefficient (Wildman–Crippen LogP) is 1.46. The van der Waals surface area contributed by atoms with Gasteiger partial charge in [0, 0.05) is 0 Å². The number of hydrogen-bond acceptors (Lipinski definition) is 4. The molecular formula is C9H7FO4. The largest absolute Gasteiger partial charge is 0.504 e. The van der Waals surface area contributed by atoms with Crippen LogP contribution < -0.4 is 9.47 Å². The predicted molar refractivity (Wildman–Crippen MR) is 44.2 cm³/mol. The Balaban J connectivity index is 2.67. The number of carbonyl (C=O) groups excluding carboxylic acids is 1. The van der Waals surface area contributed by atoms with Crippen LogP contribution in [0, 0.1) is 5.82 Å². The molecule has 0 fully saturated rings. The quantitative estimate of drug-likeness (QED) is 0.694. The summed E-state index contributed by atoms with van der Waals surface area (Å²) in [4.78, 5) is 11.0. The summed E-state index contributed by atoms with van der Waals surface area (Å²) in [6.45, 7) is 1.13. The molecule has 5 heteroatoms. The van der Waals surface area contributed by atoms with Gasteiger partial charge in [-0.1, -0.05) is 0 Å². The van der Waals surface area contributed by atoms with E-state index in [2.05, 4.69) is 0 Å². The highest BCUT2D eigenvalue weighted by molar-refractivity contribution is 5.97. The Morgan fingerprint density at radius 3 is 2.93 bits per heavy atom. The van der Waals surface area contributed by atoms with Crippen molar-refractivity contribution in [3.8, 4) is 17.2 Å².